The molecule has 0 fully saturated rings. The van der Waals surface area contributed by atoms with E-state index in [-0.39, 0.29) is 5.43 Å². The van der Waals surface area contributed by atoms with E-state index in [1.807, 2.05) is 44.4 Å². The standard InChI is InChI=1S/C18H20N2O3/c1-20(2)11-12-22-14-5-3-13(4-6-14)17-8-7-15-16(21)9-10-19-18(15)23-17/h3-6,8-10H,7,11-12H2,1-2H3,(H,19,21). The number of rotatable bonds is 5. The molecule has 23 heavy (non-hydrogen) atoms. The molecule has 1 aliphatic heterocycles. The monoisotopic (exact) mass is 312 g/mol. The number of fused-ring (bicyclic) bond motifs is 1. The highest BCUT2D eigenvalue weighted by Gasteiger charge is 2.16. The number of nitrogens with one attached hydrogen (secondary N) is 1. The molecular weight excluding hydrogens is 292 g/mol. The van der Waals surface area contributed by atoms with Crippen molar-refractivity contribution in [1.82, 2.24) is 9.88 Å². The molecule has 5 heteroatoms. The molecule has 0 radical (unpaired) electrons. The summed E-state index contributed by atoms with van der Waals surface area (Å²) >= 11 is 0. The number of likely N-dealkylation sites (N-methyl/N-ethyl adjacent to an activating group) is 1. The van der Waals surface area contributed by atoms with Gasteiger partial charge in [0.25, 0.3) is 0 Å². The largest absolute Gasteiger partial charge is 0.492 e. The maximum atomic E-state index is 11.8. The fraction of sp³-hybridized carbons (Fsp3) is 0.278. The summed E-state index contributed by atoms with van der Waals surface area (Å²) in [5, 5.41) is 0. The molecule has 2 aromatic rings. The van der Waals surface area contributed by atoms with Crippen LogP contribution in [0.25, 0.3) is 5.76 Å². The Morgan fingerprint density at radius 1 is 1.22 bits per heavy atom. The zero-order valence-electron chi connectivity index (χ0n) is 13.3. The summed E-state index contributed by atoms with van der Waals surface area (Å²) in [5.74, 6) is 2.11. The van der Waals surface area contributed by atoms with Gasteiger partial charge in [-0.25, -0.2) is 0 Å². The van der Waals surface area contributed by atoms with Gasteiger partial charge in [-0.3, -0.25) is 4.79 Å². The van der Waals surface area contributed by atoms with Crippen LogP contribution in [0, 0.1) is 0 Å². The first-order chi connectivity index (χ1) is 11.1. The van der Waals surface area contributed by atoms with Crippen LogP contribution in [-0.2, 0) is 6.42 Å². The van der Waals surface area contributed by atoms with Crippen molar-refractivity contribution >= 4 is 5.76 Å². The number of hydrogen-bond acceptors (Lipinski definition) is 4. The third-order valence-electron chi connectivity index (χ3n) is 3.67. The van der Waals surface area contributed by atoms with E-state index in [0.29, 0.717) is 24.5 Å². The van der Waals surface area contributed by atoms with Crippen LogP contribution >= 0.6 is 0 Å². The lowest BCUT2D eigenvalue weighted by Gasteiger charge is -2.17. The Labute approximate surface area is 135 Å². The molecule has 0 aliphatic carbocycles. The minimum absolute atomic E-state index is 0.00121. The Bertz CT molecular complexity index is 761. The highest BCUT2D eigenvalue weighted by molar-refractivity contribution is 5.64. The van der Waals surface area contributed by atoms with Crippen LogP contribution < -0.4 is 14.9 Å². The molecule has 1 N–H and O–H groups in total. The SMILES string of the molecule is CN(C)CCOc1ccc(C2=CCc3c([nH]ccc3=O)O2)cc1. The van der Waals surface area contributed by atoms with Gasteiger partial charge in [0.2, 0.25) is 5.88 Å². The van der Waals surface area contributed by atoms with Crippen molar-refractivity contribution < 1.29 is 9.47 Å². The van der Waals surface area contributed by atoms with E-state index < -0.39 is 0 Å². The fourth-order valence-corrected chi connectivity index (χ4v) is 2.36. The summed E-state index contributed by atoms with van der Waals surface area (Å²) < 4.78 is 11.5. The number of allylic oxidation sites excluding steroid dienone is 1. The third kappa shape index (κ3) is 3.63. The molecule has 0 unspecified atom stereocenters. The van der Waals surface area contributed by atoms with Gasteiger partial charge in [-0.2, -0.15) is 0 Å². The van der Waals surface area contributed by atoms with E-state index in [4.69, 9.17) is 9.47 Å². The first-order valence-corrected chi connectivity index (χ1v) is 7.60. The Kier molecular flexibility index (Phi) is 4.48. The lowest BCUT2D eigenvalue weighted by atomic mass is 10.1. The maximum Gasteiger partial charge on any atom is 0.204 e. The fourth-order valence-electron chi connectivity index (χ4n) is 2.36. The molecule has 1 aliphatic rings. The zero-order valence-corrected chi connectivity index (χ0v) is 13.3. The number of hydrogen-bond donors (Lipinski definition) is 1. The van der Waals surface area contributed by atoms with Gasteiger partial charge >= 0.3 is 0 Å². The molecule has 5 nitrogen and oxygen atoms in total. The molecular formula is C18H20N2O3. The average molecular weight is 312 g/mol. The van der Waals surface area contributed by atoms with Crippen LogP contribution in [0.1, 0.15) is 11.1 Å². The van der Waals surface area contributed by atoms with Crippen molar-refractivity contribution in [3.63, 3.8) is 0 Å². The molecule has 1 aromatic heterocycles. The minimum Gasteiger partial charge on any atom is -0.492 e. The lowest BCUT2D eigenvalue weighted by Crippen LogP contribution is -2.19. The van der Waals surface area contributed by atoms with Gasteiger partial charge < -0.3 is 19.4 Å². The van der Waals surface area contributed by atoms with Crippen LogP contribution in [0.5, 0.6) is 11.6 Å². The Hall–Kier alpha value is -2.53. The zero-order chi connectivity index (χ0) is 16.2. The van der Waals surface area contributed by atoms with Crippen LogP contribution in [0.3, 0.4) is 0 Å². The van der Waals surface area contributed by atoms with Crippen molar-refractivity contribution in [3.05, 3.63) is 64.0 Å². The van der Waals surface area contributed by atoms with Gasteiger partial charge in [0.05, 0.1) is 5.56 Å². The number of aromatic amines is 1. The number of aromatic nitrogens is 1. The second kappa shape index (κ2) is 6.71. The Balaban J connectivity index is 1.69. The van der Waals surface area contributed by atoms with Crippen molar-refractivity contribution in [1.29, 1.82) is 0 Å². The van der Waals surface area contributed by atoms with Crippen molar-refractivity contribution in [2.24, 2.45) is 0 Å². The van der Waals surface area contributed by atoms with Crippen LogP contribution in [0.15, 0.2) is 47.4 Å². The summed E-state index contributed by atoms with van der Waals surface area (Å²) in [6, 6.07) is 9.30. The molecule has 0 bridgehead atoms. The van der Waals surface area contributed by atoms with E-state index in [1.165, 1.54) is 6.07 Å². The molecule has 0 saturated heterocycles. The number of ether oxygens (including phenoxy) is 2. The highest BCUT2D eigenvalue weighted by Crippen LogP contribution is 2.27. The van der Waals surface area contributed by atoms with E-state index >= 15 is 0 Å². The van der Waals surface area contributed by atoms with Crippen LogP contribution in [0.2, 0.25) is 0 Å². The molecule has 0 spiro atoms. The van der Waals surface area contributed by atoms with E-state index in [9.17, 15) is 4.79 Å². The van der Waals surface area contributed by atoms with E-state index in [2.05, 4.69) is 9.88 Å². The smallest absolute Gasteiger partial charge is 0.204 e. The van der Waals surface area contributed by atoms with Crippen molar-refractivity contribution in [2.75, 3.05) is 27.2 Å². The van der Waals surface area contributed by atoms with Gasteiger partial charge in [-0.15, -0.1) is 0 Å². The number of pyridine rings is 1. The predicted octanol–water partition coefficient (Wildman–Crippen LogP) is 2.29. The predicted molar refractivity (Wildman–Crippen MR) is 89.9 cm³/mol. The number of benzene rings is 1. The first kappa shape index (κ1) is 15.4. The molecule has 0 amide bonds. The van der Waals surface area contributed by atoms with Crippen molar-refractivity contribution in [3.8, 4) is 11.6 Å². The lowest BCUT2D eigenvalue weighted by molar-refractivity contribution is 0.261. The second-order valence-corrected chi connectivity index (χ2v) is 5.70. The third-order valence-corrected chi connectivity index (χ3v) is 3.67. The number of nitrogens with zero attached hydrogens (tertiary/aromatic N) is 1. The van der Waals surface area contributed by atoms with Gasteiger partial charge in [-0.1, -0.05) is 0 Å². The summed E-state index contributed by atoms with van der Waals surface area (Å²) in [6.07, 6.45) is 4.10. The molecule has 3 rings (SSSR count). The van der Waals surface area contributed by atoms with Gasteiger partial charge in [0.15, 0.2) is 5.43 Å². The average Bonchev–Trinajstić information content (AvgIpc) is 2.55. The Morgan fingerprint density at radius 2 is 2.00 bits per heavy atom. The van der Waals surface area contributed by atoms with Gasteiger partial charge in [0.1, 0.15) is 18.1 Å². The molecule has 0 saturated carbocycles. The summed E-state index contributed by atoms with van der Waals surface area (Å²) in [4.78, 5) is 16.8. The van der Waals surface area contributed by atoms with Crippen LogP contribution in [0.4, 0.5) is 0 Å². The van der Waals surface area contributed by atoms with E-state index in [1.54, 1.807) is 6.20 Å². The molecule has 1 aromatic carbocycles. The van der Waals surface area contributed by atoms with Crippen molar-refractivity contribution in [2.45, 2.75) is 6.42 Å². The highest BCUT2D eigenvalue weighted by atomic mass is 16.5. The molecule has 120 valence electrons. The van der Waals surface area contributed by atoms with Crippen LogP contribution in [-0.4, -0.2) is 37.1 Å². The summed E-state index contributed by atoms with van der Waals surface area (Å²) in [6.45, 7) is 1.53. The van der Waals surface area contributed by atoms with Gasteiger partial charge in [0, 0.05) is 30.8 Å². The second-order valence-electron chi connectivity index (χ2n) is 5.70. The first-order valence-electron chi connectivity index (χ1n) is 7.60. The molecule has 2 heterocycles. The summed E-state index contributed by atoms with van der Waals surface area (Å²) in [5.41, 5.74) is 1.62. The number of H-pyrrole nitrogens is 1. The quantitative estimate of drug-likeness (QED) is 0.920. The topological polar surface area (TPSA) is 54.6 Å². The van der Waals surface area contributed by atoms with Gasteiger partial charge in [-0.05, 0) is 44.4 Å². The van der Waals surface area contributed by atoms with E-state index in [0.717, 1.165) is 23.6 Å². The minimum atomic E-state index is -0.00121. The normalized spacial score (nSPS) is 13.3. The summed E-state index contributed by atoms with van der Waals surface area (Å²) in [7, 11) is 4.03. The Morgan fingerprint density at radius 3 is 2.74 bits per heavy atom. The molecule has 0 atom stereocenters. The maximum absolute atomic E-state index is 11.8.